The maximum absolute atomic E-state index is 11.9. The minimum Gasteiger partial charge on any atom is -0.484 e. The van der Waals surface area contributed by atoms with Gasteiger partial charge in [0.15, 0.2) is 6.61 Å². The molecule has 0 spiro atoms. The number of carbonyl (C=O) groups is 2. The van der Waals surface area contributed by atoms with Crippen LogP contribution in [0.1, 0.15) is 23.2 Å². The predicted molar refractivity (Wildman–Crippen MR) is 69.1 cm³/mol. The normalized spacial score (nSPS) is 16.2. The molecule has 0 aliphatic carbocycles. The van der Waals surface area contributed by atoms with E-state index in [1.807, 2.05) is 0 Å². The number of aliphatic hydroxyl groups is 1. The number of amides is 1. The number of aliphatic hydroxyl groups excluding tert-OH is 1. The highest BCUT2D eigenvalue weighted by Gasteiger charge is 2.21. The summed E-state index contributed by atoms with van der Waals surface area (Å²) in [5.74, 6) is 0.415. The van der Waals surface area contributed by atoms with Crippen molar-refractivity contribution in [2.24, 2.45) is 0 Å². The van der Waals surface area contributed by atoms with Gasteiger partial charge in [-0.25, -0.2) is 0 Å². The Morgan fingerprint density at radius 2 is 2.16 bits per heavy atom. The first-order valence-corrected chi connectivity index (χ1v) is 6.33. The van der Waals surface area contributed by atoms with Crippen LogP contribution in [0.3, 0.4) is 0 Å². The number of ether oxygens (including phenoxy) is 1. The molecule has 0 aromatic heterocycles. The fourth-order valence-corrected chi connectivity index (χ4v) is 2.03. The molecule has 1 aliphatic heterocycles. The number of likely N-dealkylation sites (tertiary alicyclic amines) is 1. The second kappa shape index (κ2) is 6.33. The topological polar surface area (TPSA) is 66.8 Å². The van der Waals surface area contributed by atoms with Crippen LogP contribution >= 0.6 is 0 Å². The van der Waals surface area contributed by atoms with Crippen molar-refractivity contribution in [3.63, 3.8) is 0 Å². The van der Waals surface area contributed by atoms with E-state index in [0.717, 1.165) is 6.29 Å². The van der Waals surface area contributed by atoms with Gasteiger partial charge in [-0.15, -0.1) is 0 Å². The fourth-order valence-electron chi connectivity index (χ4n) is 2.03. The molecule has 1 amide bonds. The Bertz CT molecular complexity index is 453. The SMILES string of the molecule is O=Cc1cccc(OCC(=O)N2CCC(O)CC2)c1. The number of hydrogen-bond acceptors (Lipinski definition) is 4. The number of hydrogen-bond donors (Lipinski definition) is 1. The van der Waals surface area contributed by atoms with Gasteiger partial charge in [0.25, 0.3) is 5.91 Å². The maximum Gasteiger partial charge on any atom is 0.260 e. The van der Waals surface area contributed by atoms with Gasteiger partial charge >= 0.3 is 0 Å². The summed E-state index contributed by atoms with van der Waals surface area (Å²) in [7, 11) is 0. The van der Waals surface area contributed by atoms with E-state index in [2.05, 4.69) is 0 Å². The Labute approximate surface area is 111 Å². The summed E-state index contributed by atoms with van der Waals surface area (Å²) in [4.78, 5) is 24.2. The van der Waals surface area contributed by atoms with Crippen molar-refractivity contribution < 1.29 is 19.4 Å². The quantitative estimate of drug-likeness (QED) is 0.818. The lowest BCUT2D eigenvalue weighted by atomic mass is 10.1. The molecule has 0 atom stereocenters. The molecule has 1 aromatic carbocycles. The highest BCUT2D eigenvalue weighted by atomic mass is 16.5. The van der Waals surface area contributed by atoms with Crippen molar-refractivity contribution in [1.82, 2.24) is 4.90 Å². The van der Waals surface area contributed by atoms with E-state index in [9.17, 15) is 14.7 Å². The molecule has 5 heteroatoms. The highest BCUT2D eigenvalue weighted by Crippen LogP contribution is 2.13. The molecule has 0 bridgehead atoms. The average Bonchev–Trinajstić information content (AvgIpc) is 2.46. The number of carbonyl (C=O) groups excluding carboxylic acids is 2. The maximum atomic E-state index is 11.9. The average molecular weight is 263 g/mol. The van der Waals surface area contributed by atoms with E-state index < -0.39 is 0 Å². The van der Waals surface area contributed by atoms with Crippen LogP contribution in [-0.4, -0.2) is 48.0 Å². The van der Waals surface area contributed by atoms with Crippen LogP contribution in [0.25, 0.3) is 0 Å². The number of rotatable bonds is 4. The molecule has 1 heterocycles. The van der Waals surface area contributed by atoms with E-state index in [1.54, 1.807) is 29.2 Å². The Hall–Kier alpha value is -1.88. The minimum absolute atomic E-state index is 0.0432. The van der Waals surface area contributed by atoms with Crippen molar-refractivity contribution in [3.8, 4) is 5.75 Å². The third-order valence-electron chi connectivity index (χ3n) is 3.17. The van der Waals surface area contributed by atoms with Crippen molar-refractivity contribution >= 4 is 12.2 Å². The molecule has 2 rings (SSSR count). The summed E-state index contributed by atoms with van der Waals surface area (Å²) in [6, 6.07) is 6.69. The molecule has 1 aliphatic rings. The summed E-state index contributed by atoms with van der Waals surface area (Å²) >= 11 is 0. The van der Waals surface area contributed by atoms with Gasteiger partial charge in [-0.05, 0) is 25.0 Å². The van der Waals surface area contributed by atoms with E-state index in [1.165, 1.54) is 0 Å². The van der Waals surface area contributed by atoms with Crippen LogP contribution in [0, 0.1) is 0 Å². The molecule has 5 nitrogen and oxygen atoms in total. The van der Waals surface area contributed by atoms with Crippen LogP contribution in [0.15, 0.2) is 24.3 Å². The molecule has 1 aromatic rings. The second-order valence-electron chi connectivity index (χ2n) is 4.59. The minimum atomic E-state index is -0.297. The molecule has 0 saturated carbocycles. The lowest BCUT2D eigenvalue weighted by molar-refractivity contribution is -0.135. The molecule has 102 valence electrons. The summed E-state index contributed by atoms with van der Waals surface area (Å²) in [5, 5.41) is 9.37. The number of benzene rings is 1. The Balaban J connectivity index is 1.84. The molecule has 1 fully saturated rings. The Kier molecular flexibility index (Phi) is 4.52. The summed E-state index contributed by atoms with van der Waals surface area (Å²) in [5.41, 5.74) is 0.519. The molecular weight excluding hydrogens is 246 g/mol. The summed E-state index contributed by atoms with van der Waals surface area (Å²) < 4.78 is 5.38. The first-order chi connectivity index (χ1) is 9.19. The highest BCUT2D eigenvalue weighted by molar-refractivity contribution is 5.78. The standard InChI is InChI=1S/C14H17NO4/c16-9-11-2-1-3-13(8-11)19-10-14(18)15-6-4-12(17)5-7-15/h1-3,8-9,12,17H,4-7,10H2. The van der Waals surface area contributed by atoms with Crippen LogP contribution in [0.5, 0.6) is 5.75 Å². The van der Waals surface area contributed by atoms with Gasteiger partial charge in [0.2, 0.25) is 0 Å². The summed E-state index contributed by atoms with van der Waals surface area (Å²) in [6.45, 7) is 1.09. The molecule has 19 heavy (non-hydrogen) atoms. The predicted octanol–water partition coefficient (Wildman–Crippen LogP) is 0.861. The molecule has 0 radical (unpaired) electrons. The third kappa shape index (κ3) is 3.79. The van der Waals surface area contributed by atoms with Gasteiger partial charge in [0, 0.05) is 18.7 Å². The first-order valence-electron chi connectivity index (χ1n) is 6.33. The van der Waals surface area contributed by atoms with Crippen LogP contribution in [0.4, 0.5) is 0 Å². The number of aldehydes is 1. The van der Waals surface area contributed by atoms with Crippen LogP contribution < -0.4 is 4.74 Å². The van der Waals surface area contributed by atoms with Gasteiger partial charge in [0.1, 0.15) is 12.0 Å². The number of nitrogens with zero attached hydrogens (tertiary/aromatic N) is 1. The summed E-state index contributed by atoms with van der Waals surface area (Å²) in [6.07, 6.45) is 1.67. The largest absolute Gasteiger partial charge is 0.484 e. The van der Waals surface area contributed by atoms with Crippen molar-refractivity contribution in [3.05, 3.63) is 29.8 Å². The molecule has 0 unspecified atom stereocenters. The van der Waals surface area contributed by atoms with Crippen molar-refractivity contribution in [2.45, 2.75) is 18.9 Å². The fraction of sp³-hybridized carbons (Fsp3) is 0.429. The van der Waals surface area contributed by atoms with Gasteiger partial charge in [-0.3, -0.25) is 9.59 Å². The van der Waals surface area contributed by atoms with Gasteiger partial charge < -0.3 is 14.7 Å². The van der Waals surface area contributed by atoms with E-state index in [0.29, 0.717) is 37.2 Å². The zero-order valence-electron chi connectivity index (χ0n) is 10.6. The van der Waals surface area contributed by atoms with E-state index in [4.69, 9.17) is 4.74 Å². The van der Waals surface area contributed by atoms with Crippen molar-refractivity contribution in [2.75, 3.05) is 19.7 Å². The van der Waals surface area contributed by atoms with Gasteiger partial charge in [-0.1, -0.05) is 12.1 Å². The monoisotopic (exact) mass is 263 g/mol. The van der Waals surface area contributed by atoms with Gasteiger partial charge in [-0.2, -0.15) is 0 Å². The molecular formula is C14H17NO4. The van der Waals surface area contributed by atoms with Gasteiger partial charge in [0.05, 0.1) is 6.10 Å². The second-order valence-corrected chi connectivity index (χ2v) is 4.59. The van der Waals surface area contributed by atoms with E-state index in [-0.39, 0.29) is 18.6 Å². The Morgan fingerprint density at radius 1 is 1.42 bits per heavy atom. The lowest BCUT2D eigenvalue weighted by Gasteiger charge is -2.29. The zero-order valence-corrected chi connectivity index (χ0v) is 10.6. The van der Waals surface area contributed by atoms with Crippen LogP contribution in [0.2, 0.25) is 0 Å². The first kappa shape index (κ1) is 13.5. The van der Waals surface area contributed by atoms with Crippen LogP contribution in [-0.2, 0) is 4.79 Å². The number of piperidine rings is 1. The Morgan fingerprint density at radius 3 is 2.84 bits per heavy atom. The smallest absolute Gasteiger partial charge is 0.260 e. The van der Waals surface area contributed by atoms with E-state index >= 15 is 0 Å². The molecule has 1 N–H and O–H groups in total. The zero-order chi connectivity index (χ0) is 13.7. The third-order valence-corrected chi connectivity index (χ3v) is 3.17. The molecule has 1 saturated heterocycles. The lowest BCUT2D eigenvalue weighted by Crippen LogP contribution is -2.42. The van der Waals surface area contributed by atoms with Crippen molar-refractivity contribution in [1.29, 1.82) is 0 Å².